The van der Waals surface area contributed by atoms with Crippen molar-refractivity contribution in [2.24, 2.45) is 0 Å². The molecule has 1 aliphatic heterocycles. The Balaban J connectivity index is 1.53. The number of amides is 2. The van der Waals surface area contributed by atoms with Gasteiger partial charge in [-0.3, -0.25) is 9.48 Å². The number of ether oxygens (including phenoxy) is 2. The molecule has 1 saturated carbocycles. The number of fused-ring (bicyclic) bond motifs is 1. The lowest BCUT2D eigenvalue weighted by Gasteiger charge is -2.31. The topological polar surface area (TPSA) is 120 Å². The molecular weight excluding hydrogens is 428 g/mol. The van der Waals surface area contributed by atoms with Gasteiger partial charge in [-0.2, -0.15) is 5.10 Å². The first-order valence-electron chi connectivity index (χ1n) is 10.8. The number of esters is 1. The number of hydrogen-bond donors (Lipinski definition) is 0. The summed E-state index contributed by atoms with van der Waals surface area (Å²) in [6.07, 6.45) is 5.37. The lowest BCUT2D eigenvalue weighted by molar-refractivity contribution is 0.0192. The molecule has 1 fully saturated rings. The zero-order valence-electron chi connectivity index (χ0n) is 19.5. The molecule has 0 aromatic carbocycles. The molecule has 1 aliphatic carbocycles. The Morgan fingerprint density at radius 3 is 2.33 bits per heavy atom. The van der Waals surface area contributed by atoms with Crippen molar-refractivity contribution in [2.45, 2.75) is 57.8 Å². The number of nitrogens with zero attached hydrogens (tertiary/aromatic N) is 6. The Morgan fingerprint density at radius 1 is 1.09 bits per heavy atom. The monoisotopic (exact) mass is 456 g/mol. The summed E-state index contributed by atoms with van der Waals surface area (Å²) in [5.41, 5.74) is 0.110. The van der Waals surface area contributed by atoms with Gasteiger partial charge in [0.05, 0.1) is 43.2 Å². The minimum atomic E-state index is -0.639. The number of methoxy groups -OCH3 is 1. The first-order valence-corrected chi connectivity index (χ1v) is 10.8. The minimum absolute atomic E-state index is 0.222. The molecule has 2 aromatic rings. The van der Waals surface area contributed by atoms with Crippen molar-refractivity contribution in [3.63, 3.8) is 0 Å². The van der Waals surface area contributed by atoms with Crippen molar-refractivity contribution >= 4 is 18.0 Å². The van der Waals surface area contributed by atoms with E-state index in [2.05, 4.69) is 19.8 Å². The normalized spacial score (nSPS) is 16.6. The van der Waals surface area contributed by atoms with Crippen LogP contribution in [0.3, 0.4) is 0 Å². The summed E-state index contributed by atoms with van der Waals surface area (Å²) in [4.78, 5) is 49.5. The van der Waals surface area contributed by atoms with Crippen molar-refractivity contribution in [1.82, 2.24) is 29.5 Å². The smallest absolute Gasteiger partial charge is 0.410 e. The molecule has 0 saturated heterocycles. The summed E-state index contributed by atoms with van der Waals surface area (Å²) in [7, 11) is 3.01. The van der Waals surface area contributed by atoms with Crippen LogP contribution in [-0.2, 0) is 28.1 Å². The summed E-state index contributed by atoms with van der Waals surface area (Å²) >= 11 is 0. The predicted octanol–water partition coefficient (Wildman–Crippen LogP) is 1.97. The highest BCUT2D eigenvalue weighted by molar-refractivity contribution is 5.96. The fraction of sp³-hybridized carbons (Fsp3) is 0.545. The van der Waals surface area contributed by atoms with E-state index in [-0.39, 0.29) is 18.0 Å². The number of hydrogen-bond acceptors (Lipinski definition) is 8. The molecular formula is C22H28N6O5. The molecule has 3 heterocycles. The quantitative estimate of drug-likeness (QED) is 0.641. The van der Waals surface area contributed by atoms with Crippen LogP contribution in [0.2, 0.25) is 0 Å². The molecule has 0 spiro atoms. The summed E-state index contributed by atoms with van der Waals surface area (Å²) < 4.78 is 11.9. The highest BCUT2D eigenvalue weighted by Crippen LogP contribution is 2.49. The second-order valence-electron chi connectivity index (χ2n) is 9.31. The van der Waals surface area contributed by atoms with Gasteiger partial charge in [0.2, 0.25) is 0 Å². The van der Waals surface area contributed by atoms with Gasteiger partial charge in [0.15, 0.2) is 5.82 Å². The molecule has 11 nitrogen and oxygen atoms in total. The number of carbonyl (C=O) groups is 3. The molecule has 2 aromatic heterocycles. The van der Waals surface area contributed by atoms with Crippen LogP contribution in [-0.4, -0.2) is 73.8 Å². The third kappa shape index (κ3) is 4.27. The van der Waals surface area contributed by atoms with Crippen LogP contribution in [0.25, 0.3) is 0 Å². The van der Waals surface area contributed by atoms with E-state index in [1.807, 2.05) is 20.8 Å². The summed E-state index contributed by atoms with van der Waals surface area (Å²) in [5, 5.41) is 4.35. The fourth-order valence-electron chi connectivity index (χ4n) is 3.90. The van der Waals surface area contributed by atoms with Crippen LogP contribution in [0.1, 0.15) is 65.8 Å². The molecule has 0 radical (unpaired) electrons. The molecule has 0 bridgehead atoms. The second kappa shape index (κ2) is 8.13. The van der Waals surface area contributed by atoms with Gasteiger partial charge < -0.3 is 19.3 Å². The first kappa shape index (κ1) is 22.7. The van der Waals surface area contributed by atoms with Gasteiger partial charge in [-0.15, -0.1) is 0 Å². The van der Waals surface area contributed by atoms with Gasteiger partial charge in [0.1, 0.15) is 11.1 Å². The standard InChI is InChI=1S/C22H28N6O5/c1-21(2,3)33-20(31)27-8-9-28-16(13-27)15(12-25-28)17(29)26(4)22(6-7-22)19-23-10-14(11-24-19)18(30)32-5/h10-12H,6-9,13H2,1-5H3. The van der Waals surface area contributed by atoms with E-state index in [1.165, 1.54) is 19.5 Å². The Hall–Kier alpha value is -3.50. The van der Waals surface area contributed by atoms with Crippen molar-refractivity contribution in [3.05, 3.63) is 41.2 Å². The third-order valence-electron chi connectivity index (χ3n) is 5.91. The minimum Gasteiger partial charge on any atom is -0.465 e. The van der Waals surface area contributed by atoms with E-state index in [0.29, 0.717) is 43.0 Å². The maximum Gasteiger partial charge on any atom is 0.410 e. The lowest BCUT2D eigenvalue weighted by atomic mass is 10.1. The molecule has 0 atom stereocenters. The Morgan fingerprint density at radius 2 is 1.76 bits per heavy atom. The maximum absolute atomic E-state index is 13.5. The molecule has 11 heteroatoms. The van der Waals surface area contributed by atoms with E-state index in [1.54, 1.807) is 27.7 Å². The summed E-state index contributed by atoms with van der Waals surface area (Å²) in [5.74, 6) is -0.264. The van der Waals surface area contributed by atoms with Gasteiger partial charge in [-0.1, -0.05) is 0 Å². The number of rotatable bonds is 4. The Kier molecular flexibility index (Phi) is 5.59. The molecule has 4 rings (SSSR count). The van der Waals surface area contributed by atoms with Crippen molar-refractivity contribution in [1.29, 1.82) is 0 Å². The lowest BCUT2D eigenvalue weighted by Crippen LogP contribution is -2.43. The largest absolute Gasteiger partial charge is 0.465 e. The van der Waals surface area contributed by atoms with Gasteiger partial charge in [0.25, 0.3) is 5.91 Å². The zero-order valence-corrected chi connectivity index (χ0v) is 19.5. The SMILES string of the molecule is COC(=O)c1cnc(C2(N(C)C(=O)c3cnn4c3CN(C(=O)OC(C)(C)C)CC4)CC2)nc1. The highest BCUT2D eigenvalue weighted by atomic mass is 16.6. The summed E-state index contributed by atoms with van der Waals surface area (Å²) in [6, 6.07) is 0. The predicted molar refractivity (Wildman–Crippen MR) is 115 cm³/mol. The summed E-state index contributed by atoms with van der Waals surface area (Å²) in [6.45, 7) is 6.63. The van der Waals surface area contributed by atoms with Crippen LogP contribution in [0.4, 0.5) is 4.79 Å². The molecule has 2 amide bonds. The van der Waals surface area contributed by atoms with Crippen LogP contribution < -0.4 is 0 Å². The van der Waals surface area contributed by atoms with Gasteiger partial charge >= 0.3 is 12.1 Å². The molecule has 0 N–H and O–H groups in total. The maximum atomic E-state index is 13.5. The molecule has 33 heavy (non-hydrogen) atoms. The van der Waals surface area contributed by atoms with E-state index >= 15 is 0 Å². The zero-order chi connectivity index (χ0) is 24.0. The average molecular weight is 457 g/mol. The van der Waals surface area contributed by atoms with Crippen LogP contribution in [0.15, 0.2) is 18.6 Å². The average Bonchev–Trinajstić information content (AvgIpc) is 3.49. The van der Waals surface area contributed by atoms with Crippen LogP contribution in [0.5, 0.6) is 0 Å². The van der Waals surface area contributed by atoms with Gasteiger partial charge in [0, 0.05) is 26.0 Å². The molecule has 0 unspecified atom stereocenters. The number of carbonyl (C=O) groups excluding carboxylic acids is 3. The van der Waals surface area contributed by atoms with Gasteiger partial charge in [-0.05, 0) is 33.6 Å². The van der Waals surface area contributed by atoms with Crippen molar-refractivity contribution < 1.29 is 23.9 Å². The van der Waals surface area contributed by atoms with Gasteiger partial charge in [-0.25, -0.2) is 19.6 Å². The second-order valence-corrected chi connectivity index (χ2v) is 9.31. The molecule has 176 valence electrons. The van der Waals surface area contributed by atoms with E-state index in [9.17, 15) is 14.4 Å². The Labute approximate surface area is 191 Å². The van der Waals surface area contributed by atoms with Crippen LogP contribution in [0, 0.1) is 0 Å². The number of aromatic nitrogens is 4. The van der Waals surface area contributed by atoms with Crippen molar-refractivity contribution in [3.8, 4) is 0 Å². The molecule has 2 aliphatic rings. The van der Waals surface area contributed by atoms with E-state index in [0.717, 1.165) is 0 Å². The van der Waals surface area contributed by atoms with E-state index in [4.69, 9.17) is 4.74 Å². The van der Waals surface area contributed by atoms with Crippen LogP contribution >= 0.6 is 0 Å². The highest BCUT2D eigenvalue weighted by Gasteiger charge is 2.53. The first-order chi connectivity index (χ1) is 15.6. The van der Waals surface area contributed by atoms with E-state index < -0.39 is 23.2 Å². The Bertz CT molecular complexity index is 1080. The fourth-order valence-corrected chi connectivity index (χ4v) is 3.90. The van der Waals surface area contributed by atoms with Crippen molar-refractivity contribution in [2.75, 3.05) is 20.7 Å². The third-order valence-corrected chi connectivity index (χ3v) is 5.91.